The van der Waals surface area contributed by atoms with Crippen LogP contribution in [0.15, 0.2) is 66.5 Å². The third-order valence-electron chi connectivity index (χ3n) is 5.27. The number of hydrogen-bond acceptors (Lipinski definition) is 5. The summed E-state index contributed by atoms with van der Waals surface area (Å²) in [6.07, 6.45) is 3.05. The molecule has 3 aromatic rings. The molecule has 0 saturated carbocycles. The first-order valence-electron chi connectivity index (χ1n) is 9.78. The number of benzene rings is 2. The highest BCUT2D eigenvalue weighted by Crippen LogP contribution is 2.43. The third kappa shape index (κ3) is 4.29. The largest absolute Gasteiger partial charge is 0.507 e. The highest BCUT2D eigenvalue weighted by Gasteiger charge is 2.46. The number of ether oxygens (including phenoxy) is 1. The van der Waals surface area contributed by atoms with Crippen LogP contribution in [-0.2, 0) is 16.1 Å². The minimum Gasteiger partial charge on any atom is -0.507 e. The van der Waals surface area contributed by atoms with Gasteiger partial charge in [-0.25, -0.2) is 4.39 Å². The normalized spacial score (nSPS) is 17.5. The number of ketones is 1. The van der Waals surface area contributed by atoms with Gasteiger partial charge in [0.15, 0.2) is 0 Å². The lowest BCUT2D eigenvalue weighted by molar-refractivity contribution is -0.140. The van der Waals surface area contributed by atoms with E-state index in [0.29, 0.717) is 11.1 Å². The summed E-state index contributed by atoms with van der Waals surface area (Å²) in [7, 11) is 1.36. The molecule has 1 amide bonds. The zero-order chi connectivity index (χ0) is 23.7. The fraction of sp³-hybridized carbons (Fsp3) is 0.125. The maximum absolute atomic E-state index is 13.4. The number of pyridine rings is 1. The monoisotopic (exact) mass is 486 g/mol. The second-order valence-corrected chi connectivity index (χ2v) is 8.15. The van der Waals surface area contributed by atoms with Crippen molar-refractivity contribution in [3.05, 3.63) is 99.1 Å². The Balaban J connectivity index is 1.90. The summed E-state index contributed by atoms with van der Waals surface area (Å²) in [4.78, 5) is 31.6. The third-order valence-corrected chi connectivity index (χ3v) is 5.77. The fourth-order valence-corrected chi connectivity index (χ4v) is 4.37. The van der Waals surface area contributed by atoms with E-state index in [0.717, 1.165) is 0 Å². The summed E-state index contributed by atoms with van der Waals surface area (Å²) in [5, 5.41) is 11.6. The van der Waals surface area contributed by atoms with Gasteiger partial charge >= 0.3 is 0 Å². The number of hydrogen-bond donors (Lipinski definition) is 1. The molecule has 1 unspecified atom stereocenters. The average Bonchev–Trinajstić information content (AvgIpc) is 3.05. The number of Topliss-reactive ketones (excluding diaryl/α,β-unsaturated/α-hetero) is 1. The Morgan fingerprint density at radius 1 is 1.18 bits per heavy atom. The van der Waals surface area contributed by atoms with Crippen molar-refractivity contribution in [1.29, 1.82) is 0 Å². The van der Waals surface area contributed by atoms with Crippen molar-refractivity contribution in [3.8, 4) is 5.75 Å². The molecule has 1 aliphatic heterocycles. The van der Waals surface area contributed by atoms with Crippen molar-refractivity contribution >= 4 is 40.7 Å². The predicted octanol–water partition coefficient (Wildman–Crippen LogP) is 5.16. The summed E-state index contributed by atoms with van der Waals surface area (Å²) in [5.74, 6) is -2.50. The maximum atomic E-state index is 13.4. The number of carbonyl (C=O) groups excluding carboxylic acids is 2. The van der Waals surface area contributed by atoms with E-state index in [1.54, 1.807) is 18.3 Å². The van der Waals surface area contributed by atoms with Crippen molar-refractivity contribution in [2.24, 2.45) is 0 Å². The Hall–Kier alpha value is -3.42. The molecular weight excluding hydrogens is 470 g/mol. The number of methoxy groups -OCH3 is 1. The van der Waals surface area contributed by atoms with Gasteiger partial charge in [-0.15, -0.1) is 0 Å². The summed E-state index contributed by atoms with van der Waals surface area (Å²) < 4.78 is 18.7. The molecule has 9 heteroatoms. The molecule has 0 spiro atoms. The lowest BCUT2D eigenvalue weighted by Gasteiger charge is -2.25. The van der Waals surface area contributed by atoms with E-state index in [2.05, 4.69) is 4.98 Å². The first-order chi connectivity index (χ1) is 15.8. The molecule has 0 bridgehead atoms. The van der Waals surface area contributed by atoms with Crippen LogP contribution in [0.2, 0.25) is 10.0 Å². The Bertz CT molecular complexity index is 1260. The van der Waals surface area contributed by atoms with Gasteiger partial charge < -0.3 is 14.7 Å². The van der Waals surface area contributed by atoms with Crippen LogP contribution < -0.4 is 4.74 Å². The summed E-state index contributed by atoms with van der Waals surface area (Å²) >= 11 is 12.3. The average molecular weight is 487 g/mol. The number of rotatable bonds is 5. The molecule has 1 fully saturated rings. The quantitative estimate of drug-likeness (QED) is 0.306. The number of likely N-dealkylation sites (tertiary alicyclic amines) is 1. The second-order valence-electron chi connectivity index (χ2n) is 7.31. The summed E-state index contributed by atoms with van der Waals surface area (Å²) in [6.45, 7) is 0.00856. The predicted molar refractivity (Wildman–Crippen MR) is 121 cm³/mol. The molecule has 33 heavy (non-hydrogen) atoms. The lowest BCUT2D eigenvalue weighted by Crippen LogP contribution is -2.29. The zero-order valence-corrected chi connectivity index (χ0v) is 18.8. The fourth-order valence-electron chi connectivity index (χ4n) is 3.80. The number of aliphatic hydroxyl groups excluding tert-OH is 1. The Kier molecular flexibility index (Phi) is 6.35. The standard InChI is InChI=1S/C24H17Cl2FN2O4/c1-33-23-17(9-15(25)10-18(23)26)21(30)19-20(14-3-2-8-28-11-14)29(24(32)22(19)31)12-13-4-6-16(27)7-5-13/h2-11,20,30H,12H2,1H3/b21-19+. The summed E-state index contributed by atoms with van der Waals surface area (Å²) in [5.41, 5.74) is 1.03. The molecule has 1 saturated heterocycles. The van der Waals surface area contributed by atoms with Crippen molar-refractivity contribution in [2.45, 2.75) is 12.6 Å². The minimum absolute atomic E-state index is 0.00856. The molecule has 0 aliphatic carbocycles. The first kappa shape index (κ1) is 22.8. The molecule has 2 aromatic carbocycles. The first-order valence-corrected chi connectivity index (χ1v) is 10.5. The molecule has 4 rings (SSSR count). The molecule has 168 valence electrons. The number of aromatic nitrogens is 1. The van der Waals surface area contributed by atoms with Gasteiger partial charge in [0.25, 0.3) is 11.7 Å². The summed E-state index contributed by atoms with van der Waals surface area (Å²) in [6, 6.07) is 10.8. The molecule has 2 heterocycles. The van der Waals surface area contributed by atoms with E-state index in [4.69, 9.17) is 27.9 Å². The Morgan fingerprint density at radius 2 is 1.91 bits per heavy atom. The van der Waals surface area contributed by atoms with Gasteiger partial charge in [0.1, 0.15) is 17.3 Å². The molecule has 0 radical (unpaired) electrons. The van der Waals surface area contributed by atoms with Gasteiger partial charge in [0, 0.05) is 24.0 Å². The molecule has 1 aliphatic rings. The molecular formula is C24H17Cl2FN2O4. The molecule has 1 atom stereocenters. The topological polar surface area (TPSA) is 79.7 Å². The van der Waals surface area contributed by atoms with Crippen LogP contribution in [0.1, 0.15) is 22.7 Å². The van der Waals surface area contributed by atoms with Crippen LogP contribution in [-0.4, -0.2) is 33.8 Å². The molecule has 1 N–H and O–H groups in total. The van der Waals surface area contributed by atoms with Gasteiger partial charge in [-0.2, -0.15) is 0 Å². The van der Waals surface area contributed by atoms with Gasteiger partial charge in [-0.1, -0.05) is 41.4 Å². The number of carbonyl (C=O) groups is 2. The van der Waals surface area contributed by atoms with Crippen molar-refractivity contribution in [1.82, 2.24) is 9.88 Å². The van der Waals surface area contributed by atoms with Crippen LogP contribution in [0.25, 0.3) is 5.76 Å². The SMILES string of the molecule is COc1c(Cl)cc(Cl)cc1/C(O)=C1\C(=O)C(=O)N(Cc2ccc(F)cc2)C1c1cccnc1. The Labute approximate surface area is 198 Å². The minimum atomic E-state index is -0.953. The smallest absolute Gasteiger partial charge is 0.295 e. The van der Waals surface area contributed by atoms with Gasteiger partial charge in [-0.3, -0.25) is 14.6 Å². The van der Waals surface area contributed by atoms with E-state index in [1.165, 1.54) is 54.6 Å². The second kappa shape index (κ2) is 9.21. The van der Waals surface area contributed by atoms with Crippen LogP contribution in [0.4, 0.5) is 4.39 Å². The highest BCUT2D eigenvalue weighted by molar-refractivity contribution is 6.46. The van der Waals surface area contributed by atoms with Crippen molar-refractivity contribution in [3.63, 3.8) is 0 Å². The van der Waals surface area contributed by atoms with Gasteiger partial charge in [-0.05, 0) is 41.5 Å². The van der Waals surface area contributed by atoms with Crippen LogP contribution in [0, 0.1) is 5.82 Å². The van der Waals surface area contributed by atoms with E-state index in [1.807, 2.05) is 0 Å². The molecule has 1 aromatic heterocycles. The van der Waals surface area contributed by atoms with Crippen molar-refractivity contribution in [2.75, 3.05) is 7.11 Å². The van der Waals surface area contributed by atoms with Crippen molar-refractivity contribution < 1.29 is 23.8 Å². The number of halogens is 3. The molecule has 6 nitrogen and oxygen atoms in total. The lowest BCUT2D eigenvalue weighted by atomic mass is 9.96. The van der Waals surface area contributed by atoms with E-state index in [9.17, 15) is 19.1 Å². The van der Waals surface area contributed by atoms with Gasteiger partial charge in [0.05, 0.1) is 29.3 Å². The van der Waals surface area contributed by atoms with E-state index >= 15 is 0 Å². The number of aliphatic hydroxyl groups is 1. The van der Waals surface area contributed by atoms with Gasteiger partial charge in [0.2, 0.25) is 0 Å². The number of nitrogens with zero attached hydrogens (tertiary/aromatic N) is 2. The van der Waals surface area contributed by atoms with E-state index in [-0.39, 0.29) is 33.5 Å². The Morgan fingerprint density at radius 3 is 2.55 bits per heavy atom. The van der Waals surface area contributed by atoms with Crippen LogP contribution in [0.3, 0.4) is 0 Å². The van der Waals surface area contributed by atoms with E-state index < -0.39 is 29.3 Å². The van der Waals surface area contributed by atoms with Crippen LogP contribution >= 0.6 is 23.2 Å². The highest BCUT2D eigenvalue weighted by atomic mass is 35.5. The maximum Gasteiger partial charge on any atom is 0.295 e. The van der Waals surface area contributed by atoms with Crippen LogP contribution in [0.5, 0.6) is 5.75 Å². The number of amides is 1. The zero-order valence-electron chi connectivity index (χ0n) is 17.3.